The zero-order valence-electron chi connectivity index (χ0n) is 10.5. The summed E-state index contributed by atoms with van der Waals surface area (Å²) in [4.78, 5) is 2.36. The second kappa shape index (κ2) is 10.7. The van der Waals surface area contributed by atoms with Crippen LogP contribution in [0.3, 0.4) is 0 Å². The second-order valence-corrected chi connectivity index (χ2v) is 4.70. The molecule has 0 heterocycles. The maximum absolute atomic E-state index is 5.73. The van der Waals surface area contributed by atoms with Gasteiger partial charge in [0.15, 0.2) is 0 Å². The minimum atomic E-state index is 0.714. The van der Waals surface area contributed by atoms with Crippen LogP contribution < -0.4 is 0 Å². The van der Waals surface area contributed by atoms with E-state index >= 15 is 0 Å². The van der Waals surface area contributed by atoms with Gasteiger partial charge in [0.05, 0.1) is 6.61 Å². The third kappa shape index (κ3) is 10.5. The Labute approximate surface area is 99.9 Å². The van der Waals surface area contributed by atoms with Gasteiger partial charge in [0.1, 0.15) is 0 Å². The maximum atomic E-state index is 5.73. The van der Waals surface area contributed by atoms with E-state index < -0.39 is 0 Å². The molecule has 0 amide bonds. The molecular weight excluding hydrogens is 210 g/mol. The molecule has 0 aliphatic rings. The van der Waals surface area contributed by atoms with Crippen LogP contribution >= 0.6 is 11.6 Å². The van der Waals surface area contributed by atoms with Gasteiger partial charge in [-0.05, 0) is 25.3 Å². The quantitative estimate of drug-likeness (QED) is 0.426. The second-order valence-electron chi connectivity index (χ2n) is 4.33. The van der Waals surface area contributed by atoms with Crippen molar-refractivity contribution in [1.29, 1.82) is 0 Å². The van der Waals surface area contributed by atoms with Gasteiger partial charge in [-0.2, -0.15) is 0 Å². The Kier molecular flexibility index (Phi) is 10.9. The molecule has 0 aromatic carbocycles. The van der Waals surface area contributed by atoms with Crippen LogP contribution in [0.5, 0.6) is 0 Å². The number of hydrogen-bond acceptors (Lipinski definition) is 2. The summed E-state index contributed by atoms with van der Waals surface area (Å²) in [5, 5.41) is 0. The van der Waals surface area contributed by atoms with Crippen LogP contribution in [0.2, 0.25) is 0 Å². The van der Waals surface area contributed by atoms with Crippen LogP contribution in [0.25, 0.3) is 0 Å². The molecule has 0 fully saturated rings. The van der Waals surface area contributed by atoms with Gasteiger partial charge in [-0.1, -0.05) is 20.8 Å². The van der Waals surface area contributed by atoms with Crippen LogP contribution in [-0.4, -0.2) is 43.6 Å². The standard InChI is InChI=1S/C12H26ClNO/c1-4-7-14(8-6-13)9-11-15-10-5-12(2)3/h12H,4-11H2,1-3H3. The zero-order chi connectivity index (χ0) is 11.5. The van der Waals surface area contributed by atoms with E-state index in [9.17, 15) is 0 Å². The number of rotatable bonds is 10. The summed E-state index contributed by atoms with van der Waals surface area (Å²) in [5.41, 5.74) is 0. The molecule has 0 saturated heterocycles. The highest BCUT2D eigenvalue weighted by atomic mass is 35.5. The van der Waals surface area contributed by atoms with E-state index in [0.717, 1.165) is 45.2 Å². The summed E-state index contributed by atoms with van der Waals surface area (Å²) in [6.45, 7) is 11.5. The fourth-order valence-electron chi connectivity index (χ4n) is 1.39. The molecule has 2 nitrogen and oxygen atoms in total. The average Bonchev–Trinajstić information content (AvgIpc) is 2.17. The highest BCUT2D eigenvalue weighted by molar-refractivity contribution is 6.18. The highest BCUT2D eigenvalue weighted by Gasteiger charge is 2.02. The highest BCUT2D eigenvalue weighted by Crippen LogP contribution is 1.99. The first-order valence-electron chi connectivity index (χ1n) is 6.06. The molecule has 0 unspecified atom stereocenters. The number of halogens is 1. The Bertz CT molecular complexity index is 125. The van der Waals surface area contributed by atoms with Crippen LogP contribution in [-0.2, 0) is 4.74 Å². The van der Waals surface area contributed by atoms with Crippen molar-refractivity contribution >= 4 is 11.6 Å². The molecule has 0 atom stereocenters. The van der Waals surface area contributed by atoms with Crippen molar-refractivity contribution < 1.29 is 4.74 Å². The van der Waals surface area contributed by atoms with E-state index in [-0.39, 0.29) is 0 Å². The Morgan fingerprint density at radius 2 is 1.87 bits per heavy atom. The van der Waals surface area contributed by atoms with Crippen LogP contribution in [0.15, 0.2) is 0 Å². The molecule has 0 spiro atoms. The van der Waals surface area contributed by atoms with Crippen molar-refractivity contribution in [1.82, 2.24) is 4.90 Å². The number of hydrogen-bond donors (Lipinski definition) is 0. The lowest BCUT2D eigenvalue weighted by molar-refractivity contribution is 0.0978. The SMILES string of the molecule is CCCN(CCCl)CCOCCC(C)C. The van der Waals surface area contributed by atoms with E-state index in [1.807, 2.05) is 0 Å². The maximum Gasteiger partial charge on any atom is 0.0593 e. The largest absolute Gasteiger partial charge is 0.380 e. The molecule has 0 bridgehead atoms. The van der Waals surface area contributed by atoms with Gasteiger partial charge < -0.3 is 4.74 Å². The fraction of sp³-hybridized carbons (Fsp3) is 1.00. The topological polar surface area (TPSA) is 12.5 Å². The van der Waals surface area contributed by atoms with Crippen molar-refractivity contribution in [3.63, 3.8) is 0 Å². The van der Waals surface area contributed by atoms with E-state index in [2.05, 4.69) is 25.7 Å². The van der Waals surface area contributed by atoms with Gasteiger partial charge in [0.25, 0.3) is 0 Å². The fourth-order valence-corrected chi connectivity index (χ4v) is 1.62. The predicted octanol–water partition coefficient (Wildman–Crippen LogP) is 3.00. The first-order valence-corrected chi connectivity index (χ1v) is 6.60. The van der Waals surface area contributed by atoms with E-state index in [4.69, 9.17) is 16.3 Å². The van der Waals surface area contributed by atoms with Gasteiger partial charge in [-0.15, -0.1) is 11.6 Å². The number of ether oxygens (including phenoxy) is 1. The lowest BCUT2D eigenvalue weighted by atomic mass is 10.1. The molecule has 15 heavy (non-hydrogen) atoms. The molecule has 0 aliphatic carbocycles. The van der Waals surface area contributed by atoms with Crippen molar-refractivity contribution in [2.24, 2.45) is 5.92 Å². The summed E-state index contributed by atoms with van der Waals surface area (Å²) < 4.78 is 5.58. The van der Waals surface area contributed by atoms with Gasteiger partial charge in [0.2, 0.25) is 0 Å². The molecule has 0 aromatic rings. The molecule has 0 rings (SSSR count). The van der Waals surface area contributed by atoms with Crippen molar-refractivity contribution in [2.45, 2.75) is 33.6 Å². The van der Waals surface area contributed by atoms with Gasteiger partial charge in [-0.3, -0.25) is 4.90 Å². The van der Waals surface area contributed by atoms with E-state index in [1.165, 1.54) is 6.42 Å². The molecule has 0 saturated carbocycles. The van der Waals surface area contributed by atoms with Crippen LogP contribution in [0, 0.1) is 5.92 Å². The van der Waals surface area contributed by atoms with Gasteiger partial charge in [0, 0.05) is 25.6 Å². The third-order valence-corrected chi connectivity index (χ3v) is 2.50. The Balaban J connectivity index is 3.36. The number of alkyl halides is 1. The van der Waals surface area contributed by atoms with E-state index in [1.54, 1.807) is 0 Å². The number of nitrogens with zero attached hydrogens (tertiary/aromatic N) is 1. The molecule has 0 radical (unpaired) electrons. The zero-order valence-corrected chi connectivity index (χ0v) is 11.2. The summed E-state index contributed by atoms with van der Waals surface area (Å²) >= 11 is 5.73. The summed E-state index contributed by atoms with van der Waals surface area (Å²) in [5.74, 6) is 1.45. The van der Waals surface area contributed by atoms with Crippen LogP contribution in [0.1, 0.15) is 33.6 Å². The average molecular weight is 236 g/mol. The predicted molar refractivity (Wildman–Crippen MR) is 67.7 cm³/mol. The van der Waals surface area contributed by atoms with E-state index in [0.29, 0.717) is 5.88 Å². The molecule has 3 heteroatoms. The van der Waals surface area contributed by atoms with Crippen molar-refractivity contribution in [3.05, 3.63) is 0 Å². The molecule has 0 N–H and O–H groups in total. The lowest BCUT2D eigenvalue weighted by Gasteiger charge is -2.20. The van der Waals surface area contributed by atoms with Crippen LogP contribution in [0.4, 0.5) is 0 Å². The molecule has 92 valence electrons. The van der Waals surface area contributed by atoms with Gasteiger partial charge in [-0.25, -0.2) is 0 Å². The third-order valence-electron chi connectivity index (χ3n) is 2.33. The smallest absolute Gasteiger partial charge is 0.0593 e. The molecule has 0 aromatic heterocycles. The Morgan fingerprint density at radius 3 is 2.40 bits per heavy atom. The molecule has 0 aliphatic heterocycles. The van der Waals surface area contributed by atoms with Gasteiger partial charge >= 0.3 is 0 Å². The minimum absolute atomic E-state index is 0.714. The summed E-state index contributed by atoms with van der Waals surface area (Å²) in [6.07, 6.45) is 2.34. The normalized spacial score (nSPS) is 11.6. The Morgan fingerprint density at radius 1 is 1.13 bits per heavy atom. The Hall–Kier alpha value is 0.210. The minimum Gasteiger partial charge on any atom is -0.380 e. The first-order chi connectivity index (χ1) is 7.20. The lowest BCUT2D eigenvalue weighted by Crippen LogP contribution is -2.30. The summed E-state index contributed by atoms with van der Waals surface area (Å²) in [6, 6.07) is 0. The summed E-state index contributed by atoms with van der Waals surface area (Å²) in [7, 11) is 0. The first kappa shape index (κ1) is 15.2. The monoisotopic (exact) mass is 235 g/mol. The van der Waals surface area contributed by atoms with Crippen molar-refractivity contribution in [2.75, 3.05) is 38.7 Å². The van der Waals surface area contributed by atoms with Crippen molar-refractivity contribution in [3.8, 4) is 0 Å². The molecular formula is C12H26ClNO.